The van der Waals surface area contributed by atoms with E-state index >= 15 is 0 Å². The molecule has 0 aromatic heterocycles. The summed E-state index contributed by atoms with van der Waals surface area (Å²) < 4.78 is 21.3. The van der Waals surface area contributed by atoms with Gasteiger partial charge in [0.1, 0.15) is 0 Å². The van der Waals surface area contributed by atoms with Crippen LogP contribution in [0.1, 0.15) is 6.92 Å². The molecule has 0 bridgehead atoms. The number of non-ortho nitro benzene ring substituents is 1. The molecule has 1 atom stereocenters. The van der Waals surface area contributed by atoms with Crippen molar-refractivity contribution in [1.29, 1.82) is 0 Å². The fourth-order valence-electron chi connectivity index (χ4n) is 0.990. The standard InChI is InChI=1S/C8H10AsNO4/c1-2-9(11,12)7-3-5-8(6-4-7)10(13)14/h3-6H,2H2,1H3,(H,11,12). The predicted molar refractivity (Wildman–Crippen MR) is 51.9 cm³/mol. The summed E-state index contributed by atoms with van der Waals surface area (Å²) >= 11 is -3.92. The Morgan fingerprint density at radius 3 is 2.29 bits per heavy atom. The van der Waals surface area contributed by atoms with Gasteiger partial charge in [0.05, 0.1) is 0 Å². The van der Waals surface area contributed by atoms with Crippen LogP contribution in [0.2, 0.25) is 5.21 Å². The zero-order chi connectivity index (χ0) is 10.8. The van der Waals surface area contributed by atoms with Crippen molar-refractivity contribution in [2.75, 3.05) is 0 Å². The monoisotopic (exact) mass is 259 g/mol. The fourth-order valence-corrected chi connectivity index (χ4v) is 3.05. The van der Waals surface area contributed by atoms with E-state index in [4.69, 9.17) is 0 Å². The Bertz CT molecular complexity index is 387. The quantitative estimate of drug-likeness (QED) is 0.492. The second-order valence-electron chi connectivity index (χ2n) is 2.79. The molecule has 0 aliphatic rings. The van der Waals surface area contributed by atoms with Crippen LogP contribution in [0.3, 0.4) is 0 Å². The predicted octanol–water partition coefficient (Wildman–Crippen LogP) is 0.687. The Labute approximate surface area is 83.5 Å². The molecule has 1 N–H and O–H groups in total. The van der Waals surface area contributed by atoms with E-state index in [-0.39, 0.29) is 10.9 Å². The molecule has 0 heterocycles. The molecule has 0 amide bonds. The van der Waals surface area contributed by atoms with E-state index in [1.165, 1.54) is 24.3 Å². The van der Waals surface area contributed by atoms with Crippen LogP contribution < -0.4 is 4.35 Å². The summed E-state index contributed by atoms with van der Waals surface area (Å²) in [7, 11) is 0. The van der Waals surface area contributed by atoms with Crippen LogP contribution in [-0.2, 0) is 3.74 Å². The van der Waals surface area contributed by atoms with Crippen LogP contribution >= 0.6 is 0 Å². The summed E-state index contributed by atoms with van der Waals surface area (Å²) in [5.74, 6) is 0. The molecule has 1 unspecified atom stereocenters. The third-order valence-corrected chi connectivity index (χ3v) is 6.01. The molecule has 6 heteroatoms. The van der Waals surface area contributed by atoms with Gasteiger partial charge in [0.25, 0.3) is 0 Å². The molecule has 0 aliphatic heterocycles. The van der Waals surface area contributed by atoms with Crippen LogP contribution in [0, 0.1) is 10.1 Å². The van der Waals surface area contributed by atoms with Crippen LogP contribution in [-0.4, -0.2) is 22.9 Å². The second-order valence-corrected chi connectivity index (χ2v) is 8.15. The average Bonchev–Trinajstić information content (AvgIpc) is 2.18. The number of hydrogen-bond donors (Lipinski definition) is 1. The molecule has 1 aromatic carbocycles. The number of nitrogens with zero attached hydrogens (tertiary/aromatic N) is 1. The Hall–Kier alpha value is -1.06. The second kappa shape index (κ2) is 3.98. The van der Waals surface area contributed by atoms with Crippen LogP contribution in [0.25, 0.3) is 0 Å². The Morgan fingerprint density at radius 2 is 1.93 bits per heavy atom. The Kier molecular flexibility index (Phi) is 3.13. The molecule has 0 radical (unpaired) electrons. The summed E-state index contributed by atoms with van der Waals surface area (Å²) in [6, 6.07) is 5.19. The molecule has 0 spiro atoms. The van der Waals surface area contributed by atoms with Gasteiger partial charge < -0.3 is 0 Å². The van der Waals surface area contributed by atoms with Crippen molar-refractivity contribution in [2.45, 2.75) is 12.1 Å². The average molecular weight is 259 g/mol. The van der Waals surface area contributed by atoms with E-state index in [2.05, 4.69) is 0 Å². The van der Waals surface area contributed by atoms with Gasteiger partial charge in [0, 0.05) is 0 Å². The van der Waals surface area contributed by atoms with Gasteiger partial charge in [-0.1, -0.05) is 0 Å². The van der Waals surface area contributed by atoms with Gasteiger partial charge in [-0.2, -0.15) is 0 Å². The minimum absolute atomic E-state index is 0.0691. The normalized spacial score (nSPS) is 14.7. The molecule has 14 heavy (non-hydrogen) atoms. The summed E-state index contributed by atoms with van der Waals surface area (Å²) in [6.45, 7) is 1.63. The topological polar surface area (TPSA) is 80.4 Å². The molecule has 0 saturated carbocycles. The molecule has 0 saturated heterocycles. The maximum atomic E-state index is 11.5. The van der Waals surface area contributed by atoms with Gasteiger partial charge in [-0.15, -0.1) is 0 Å². The molecular weight excluding hydrogens is 249 g/mol. The number of nitro groups is 1. The Balaban J connectivity index is 3.06. The first-order valence-electron chi connectivity index (χ1n) is 4.04. The number of benzene rings is 1. The number of nitro benzene ring substituents is 1. The van der Waals surface area contributed by atoms with Crippen LogP contribution in [0.15, 0.2) is 24.3 Å². The molecule has 5 nitrogen and oxygen atoms in total. The first-order chi connectivity index (χ1) is 6.47. The van der Waals surface area contributed by atoms with Gasteiger partial charge in [-0.3, -0.25) is 0 Å². The molecule has 76 valence electrons. The molecular formula is C8H10AsNO4. The Morgan fingerprint density at radius 1 is 1.43 bits per heavy atom. The maximum absolute atomic E-state index is 11.5. The van der Waals surface area contributed by atoms with Crippen molar-refractivity contribution < 1.29 is 12.8 Å². The third kappa shape index (κ3) is 2.24. The van der Waals surface area contributed by atoms with Gasteiger partial charge in [-0.25, -0.2) is 0 Å². The SMILES string of the molecule is CC[As](=O)(O)c1ccc([N+](=O)[O-])cc1. The van der Waals surface area contributed by atoms with E-state index < -0.39 is 18.8 Å². The number of hydrogen-bond acceptors (Lipinski definition) is 3. The van der Waals surface area contributed by atoms with Crippen LogP contribution in [0.5, 0.6) is 0 Å². The van der Waals surface area contributed by atoms with Crippen LogP contribution in [0.4, 0.5) is 5.69 Å². The summed E-state index contributed by atoms with van der Waals surface area (Å²) in [5.41, 5.74) is -0.0691. The van der Waals surface area contributed by atoms with Gasteiger partial charge in [0.2, 0.25) is 0 Å². The van der Waals surface area contributed by atoms with E-state index in [1.54, 1.807) is 6.92 Å². The van der Waals surface area contributed by atoms with Crippen molar-refractivity contribution in [2.24, 2.45) is 0 Å². The van der Waals surface area contributed by atoms with Gasteiger partial charge in [0.15, 0.2) is 0 Å². The first kappa shape index (κ1) is 11.0. The third-order valence-electron chi connectivity index (χ3n) is 1.89. The van der Waals surface area contributed by atoms with Gasteiger partial charge in [-0.05, 0) is 0 Å². The summed E-state index contributed by atoms with van der Waals surface area (Å²) in [4.78, 5) is 9.77. The molecule has 1 rings (SSSR count). The fraction of sp³-hybridized carbons (Fsp3) is 0.250. The first-order valence-corrected chi connectivity index (χ1v) is 7.91. The molecule has 0 fully saturated rings. The van der Waals surface area contributed by atoms with E-state index in [0.717, 1.165) is 0 Å². The van der Waals surface area contributed by atoms with Crippen molar-refractivity contribution in [1.82, 2.24) is 0 Å². The van der Waals surface area contributed by atoms with Crippen molar-refractivity contribution in [3.63, 3.8) is 0 Å². The minimum atomic E-state index is -3.92. The van der Waals surface area contributed by atoms with E-state index in [9.17, 15) is 17.9 Å². The summed E-state index contributed by atoms with van der Waals surface area (Å²) in [6.07, 6.45) is 0. The van der Waals surface area contributed by atoms with Gasteiger partial charge >= 0.3 is 83.1 Å². The van der Waals surface area contributed by atoms with E-state index in [0.29, 0.717) is 4.35 Å². The van der Waals surface area contributed by atoms with Crippen molar-refractivity contribution in [3.05, 3.63) is 34.4 Å². The van der Waals surface area contributed by atoms with Crippen molar-refractivity contribution in [3.8, 4) is 0 Å². The summed E-state index contributed by atoms with van der Waals surface area (Å²) in [5, 5.41) is 10.5. The molecule has 1 aromatic rings. The number of rotatable bonds is 3. The zero-order valence-electron chi connectivity index (χ0n) is 7.58. The molecule has 0 aliphatic carbocycles. The van der Waals surface area contributed by atoms with E-state index in [1.807, 2.05) is 0 Å². The zero-order valence-corrected chi connectivity index (χ0v) is 9.46. The van der Waals surface area contributed by atoms with Crippen molar-refractivity contribution >= 4 is 23.9 Å².